The number of carbonyl (C=O) groups is 1. The van der Waals surface area contributed by atoms with Gasteiger partial charge in [-0.05, 0) is 12.1 Å². The molecule has 1 amide bonds. The van der Waals surface area contributed by atoms with Gasteiger partial charge in [-0.3, -0.25) is 15.1 Å². The minimum absolute atomic E-state index is 0.0422. The SMILES string of the molecule is O=C(Nc1cc(-c2ccc(C(F)(F)F)cc2)no1)c1cnccn1. The van der Waals surface area contributed by atoms with E-state index in [1.54, 1.807) is 0 Å². The van der Waals surface area contributed by atoms with Gasteiger partial charge in [0.15, 0.2) is 0 Å². The number of amides is 1. The van der Waals surface area contributed by atoms with Crippen molar-refractivity contribution in [2.45, 2.75) is 6.18 Å². The van der Waals surface area contributed by atoms with E-state index in [-0.39, 0.29) is 17.3 Å². The highest BCUT2D eigenvalue weighted by Crippen LogP contribution is 2.31. The van der Waals surface area contributed by atoms with Crippen molar-refractivity contribution < 1.29 is 22.5 Å². The summed E-state index contributed by atoms with van der Waals surface area (Å²) in [5.41, 5.74) is 0.0424. The van der Waals surface area contributed by atoms with Crippen LogP contribution < -0.4 is 5.32 Å². The van der Waals surface area contributed by atoms with Crippen LogP contribution in [0.2, 0.25) is 0 Å². The van der Waals surface area contributed by atoms with Crippen molar-refractivity contribution in [3.63, 3.8) is 0 Å². The number of alkyl halides is 3. The highest BCUT2D eigenvalue weighted by atomic mass is 19.4. The molecule has 0 unspecified atom stereocenters. The normalized spacial score (nSPS) is 11.3. The third kappa shape index (κ3) is 3.40. The van der Waals surface area contributed by atoms with Crippen molar-refractivity contribution in [3.8, 4) is 11.3 Å². The molecule has 9 heteroatoms. The summed E-state index contributed by atoms with van der Waals surface area (Å²) >= 11 is 0. The molecule has 1 N–H and O–H groups in total. The zero-order valence-electron chi connectivity index (χ0n) is 11.9. The lowest BCUT2D eigenvalue weighted by molar-refractivity contribution is -0.137. The summed E-state index contributed by atoms with van der Waals surface area (Å²) in [7, 11) is 0. The molecule has 2 heterocycles. The standard InChI is InChI=1S/C15H9F3N4O2/c16-15(17,18)10-3-1-9(2-4-10)11-7-13(24-22-11)21-14(23)12-8-19-5-6-20-12/h1-8H,(H,21,23). The smallest absolute Gasteiger partial charge is 0.338 e. The number of benzene rings is 1. The molecule has 122 valence electrons. The molecule has 0 saturated heterocycles. The fourth-order valence-corrected chi connectivity index (χ4v) is 1.89. The molecule has 3 rings (SSSR count). The molecule has 0 aliphatic heterocycles. The number of halogens is 3. The van der Waals surface area contributed by atoms with Gasteiger partial charge in [-0.1, -0.05) is 17.3 Å². The summed E-state index contributed by atoms with van der Waals surface area (Å²) in [5.74, 6) is -0.501. The van der Waals surface area contributed by atoms with E-state index in [0.29, 0.717) is 5.56 Å². The predicted octanol–water partition coefficient (Wildman–Crippen LogP) is 3.40. The Labute approximate surface area is 133 Å². The third-order valence-electron chi connectivity index (χ3n) is 3.05. The minimum Gasteiger partial charge on any atom is -0.338 e. The Morgan fingerprint density at radius 2 is 1.88 bits per heavy atom. The number of nitrogens with zero attached hydrogens (tertiary/aromatic N) is 3. The van der Waals surface area contributed by atoms with Crippen molar-refractivity contribution in [1.82, 2.24) is 15.1 Å². The first-order valence-electron chi connectivity index (χ1n) is 6.65. The Morgan fingerprint density at radius 1 is 1.12 bits per heavy atom. The highest BCUT2D eigenvalue weighted by Gasteiger charge is 2.30. The maximum Gasteiger partial charge on any atom is 0.416 e. The molecule has 2 aromatic heterocycles. The number of carbonyl (C=O) groups excluding carboxylic acids is 1. The second-order valence-electron chi connectivity index (χ2n) is 4.70. The maximum atomic E-state index is 12.5. The molecule has 0 saturated carbocycles. The summed E-state index contributed by atoms with van der Waals surface area (Å²) in [6.45, 7) is 0. The van der Waals surface area contributed by atoms with E-state index >= 15 is 0 Å². The number of anilines is 1. The van der Waals surface area contributed by atoms with Gasteiger partial charge in [0, 0.05) is 24.0 Å². The van der Waals surface area contributed by atoms with Crippen molar-refractivity contribution >= 4 is 11.8 Å². The Hall–Kier alpha value is -3.23. The van der Waals surface area contributed by atoms with E-state index in [9.17, 15) is 18.0 Å². The third-order valence-corrected chi connectivity index (χ3v) is 3.05. The number of rotatable bonds is 3. The van der Waals surface area contributed by atoms with Crippen LogP contribution in [0.25, 0.3) is 11.3 Å². The van der Waals surface area contributed by atoms with Crippen LogP contribution in [0.3, 0.4) is 0 Å². The van der Waals surface area contributed by atoms with E-state index < -0.39 is 17.6 Å². The van der Waals surface area contributed by atoms with Gasteiger partial charge < -0.3 is 4.52 Å². The van der Waals surface area contributed by atoms with Crippen molar-refractivity contribution in [3.05, 3.63) is 60.2 Å². The summed E-state index contributed by atoms with van der Waals surface area (Å²) in [5, 5.41) is 6.15. The van der Waals surface area contributed by atoms with Gasteiger partial charge in [-0.25, -0.2) is 4.98 Å². The van der Waals surface area contributed by atoms with Gasteiger partial charge in [0.2, 0.25) is 5.88 Å². The minimum atomic E-state index is -4.40. The largest absolute Gasteiger partial charge is 0.416 e. The van der Waals surface area contributed by atoms with Crippen LogP contribution in [-0.4, -0.2) is 21.0 Å². The zero-order chi connectivity index (χ0) is 17.2. The first-order valence-corrected chi connectivity index (χ1v) is 6.65. The molecule has 6 nitrogen and oxygen atoms in total. The van der Waals surface area contributed by atoms with Crippen LogP contribution in [0.4, 0.5) is 19.1 Å². The van der Waals surface area contributed by atoms with Crippen LogP contribution in [-0.2, 0) is 6.18 Å². The van der Waals surface area contributed by atoms with E-state index in [4.69, 9.17) is 4.52 Å². The van der Waals surface area contributed by atoms with E-state index in [0.717, 1.165) is 12.1 Å². The molecule has 1 aromatic carbocycles. The van der Waals surface area contributed by atoms with Crippen LogP contribution in [0.1, 0.15) is 16.1 Å². The average Bonchev–Trinajstić information content (AvgIpc) is 3.03. The summed E-state index contributed by atoms with van der Waals surface area (Å²) in [4.78, 5) is 19.5. The van der Waals surface area contributed by atoms with Gasteiger partial charge in [0.1, 0.15) is 11.4 Å². The predicted molar refractivity (Wildman–Crippen MR) is 76.9 cm³/mol. The maximum absolute atomic E-state index is 12.5. The molecular formula is C15H9F3N4O2. The van der Waals surface area contributed by atoms with Gasteiger partial charge in [0.05, 0.1) is 11.8 Å². The topological polar surface area (TPSA) is 80.9 Å². The van der Waals surface area contributed by atoms with Crippen molar-refractivity contribution in [2.75, 3.05) is 5.32 Å². The fourth-order valence-electron chi connectivity index (χ4n) is 1.89. The lowest BCUT2D eigenvalue weighted by Gasteiger charge is -2.06. The van der Waals surface area contributed by atoms with Crippen molar-refractivity contribution in [1.29, 1.82) is 0 Å². The van der Waals surface area contributed by atoms with E-state index in [1.165, 1.54) is 36.8 Å². The number of nitrogens with one attached hydrogen (secondary N) is 1. The summed E-state index contributed by atoms with van der Waals surface area (Å²) in [6.07, 6.45) is -0.336. The number of hydrogen-bond acceptors (Lipinski definition) is 5. The van der Waals surface area contributed by atoms with Crippen LogP contribution in [0, 0.1) is 0 Å². The molecule has 24 heavy (non-hydrogen) atoms. The van der Waals surface area contributed by atoms with Crippen molar-refractivity contribution in [2.24, 2.45) is 0 Å². The Balaban J connectivity index is 1.75. The van der Waals surface area contributed by atoms with Gasteiger partial charge in [-0.15, -0.1) is 0 Å². The molecule has 0 atom stereocenters. The van der Waals surface area contributed by atoms with Crippen LogP contribution in [0.5, 0.6) is 0 Å². The first kappa shape index (κ1) is 15.7. The van der Waals surface area contributed by atoms with Crippen LogP contribution >= 0.6 is 0 Å². The molecule has 0 radical (unpaired) electrons. The monoisotopic (exact) mass is 334 g/mol. The Bertz CT molecular complexity index is 845. The molecule has 0 aliphatic carbocycles. The van der Waals surface area contributed by atoms with Gasteiger partial charge in [0.25, 0.3) is 5.91 Å². The summed E-state index contributed by atoms with van der Waals surface area (Å²) in [6, 6.07) is 5.84. The lowest BCUT2D eigenvalue weighted by Crippen LogP contribution is -2.13. The van der Waals surface area contributed by atoms with E-state index in [1.807, 2.05) is 0 Å². The number of hydrogen-bond donors (Lipinski definition) is 1. The van der Waals surface area contributed by atoms with Gasteiger partial charge in [-0.2, -0.15) is 13.2 Å². The molecule has 3 aromatic rings. The average molecular weight is 334 g/mol. The molecular weight excluding hydrogens is 325 g/mol. The van der Waals surface area contributed by atoms with Gasteiger partial charge >= 0.3 is 6.18 Å². The molecule has 0 fully saturated rings. The van der Waals surface area contributed by atoms with Crippen LogP contribution in [0.15, 0.2) is 53.4 Å². The molecule has 0 bridgehead atoms. The Morgan fingerprint density at radius 3 is 2.50 bits per heavy atom. The Kier molecular flexibility index (Phi) is 3.98. The zero-order valence-corrected chi connectivity index (χ0v) is 11.9. The highest BCUT2D eigenvalue weighted by molar-refractivity contribution is 6.02. The molecule has 0 aliphatic rings. The summed E-state index contributed by atoms with van der Waals surface area (Å²) < 4.78 is 42.6. The second kappa shape index (κ2) is 6.11. The first-order chi connectivity index (χ1) is 11.4. The molecule has 0 spiro atoms. The van der Waals surface area contributed by atoms with E-state index in [2.05, 4.69) is 20.4 Å². The quantitative estimate of drug-likeness (QED) is 0.794. The fraction of sp³-hybridized carbons (Fsp3) is 0.0667. The lowest BCUT2D eigenvalue weighted by atomic mass is 10.1. The number of aromatic nitrogens is 3. The second-order valence-corrected chi connectivity index (χ2v) is 4.70.